The fraction of sp³-hybridized carbons (Fsp3) is 0.364. The largest absolute Gasteiger partial charge is 0.435 e. The molecule has 0 bridgehead atoms. The molecule has 0 saturated carbocycles. The molecule has 4 rings (SSSR count). The first-order valence-electron chi connectivity index (χ1n) is 10.4. The van der Waals surface area contributed by atoms with Crippen LogP contribution in [-0.4, -0.2) is 35.8 Å². The minimum absolute atomic E-state index is 0.0605. The van der Waals surface area contributed by atoms with Gasteiger partial charge in [-0.3, -0.25) is 4.79 Å². The van der Waals surface area contributed by atoms with Crippen molar-refractivity contribution in [1.29, 1.82) is 0 Å². The van der Waals surface area contributed by atoms with Crippen LogP contribution in [0.5, 0.6) is 0 Å². The second-order valence-corrected chi connectivity index (χ2v) is 9.48. The van der Waals surface area contributed by atoms with E-state index in [1.807, 2.05) is 0 Å². The van der Waals surface area contributed by atoms with Gasteiger partial charge in [-0.05, 0) is 28.8 Å². The monoisotopic (exact) mass is 545 g/mol. The highest BCUT2D eigenvalue weighted by atomic mass is 35.5. The third kappa shape index (κ3) is 4.29. The van der Waals surface area contributed by atoms with Crippen molar-refractivity contribution in [1.82, 2.24) is 4.90 Å². The molecule has 184 valence electrons. The minimum atomic E-state index is -4.84. The van der Waals surface area contributed by atoms with E-state index in [0.29, 0.717) is 17.5 Å². The van der Waals surface area contributed by atoms with Gasteiger partial charge in [0.05, 0.1) is 20.8 Å². The van der Waals surface area contributed by atoms with Crippen LogP contribution in [0.2, 0.25) is 15.1 Å². The van der Waals surface area contributed by atoms with Crippen LogP contribution in [0.3, 0.4) is 0 Å². The van der Waals surface area contributed by atoms with Crippen LogP contribution in [0.15, 0.2) is 46.7 Å². The number of carbonyl (C=O) groups excluding carboxylic acids is 1. The van der Waals surface area contributed by atoms with Crippen molar-refractivity contribution in [2.24, 2.45) is 10.3 Å². The maximum absolute atomic E-state index is 14.2. The van der Waals surface area contributed by atoms with Crippen molar-refractivity contribution in [2.45, 2.75) is 37.1 Å². The second-order valence-electron chi connectivity index (χ2n) is 8.29. The quantitative estimate of drug-likeness (QED) is 0.175. The standard InChI is InChI=1S/C22H17Cl3F3N5O2/c1-2-18(34)33-10-20(11-33,31-32-29)13-5-3-12(4-6-13)17-9-21(35-30-17,22(26,27)28)14-7-15(23)19(25)16(24)8-14/h3-8H,2,9-11H2,1H3. The van der Waals surface area contributed by atoms with Gasteiger partial charge in [-0.1, -0.05) is 76.3 Å². The van der Waals surface area contributed by atoms with E-state index < -0.39 is 23.7 Å². The number of rotatable bonds is 5. The zero-order chi connectivity index (χ0) is 25.6. The maximum atomic E-state index is 14.2. The van der Waals surface area contributed by atoms with Crippen LogP contribution in [0.1, 0.15) is 36.5 Å². The van der Waals surface area contributed by atoms with Gasteiger partial charge in [-0.25, -0.2) is 0 Å². The maximum Gasteiger partial charge on any atom is 0.435 e. The van der Waals surface area contributed by atoms with Crippen molar-refractivity contribution in [2.75, 3.05) is 13.1 Å². The number of likely N-dealkylation sites (tertiary alicyclic amines) is 1. The molecule has 2 aromatic carbocycles. The Morgan fingerprint density at radius 3 is 2.29 bits per heavy atom. The van der Waals surface area contributed by atoms with E-state index in [9.17, 15) is 18.0 Å². The molecule has 1 unspecified atom stereocenters. The van der Waals surface area contributed by atoms with E-state index in [4.69, 9.17) is 45.2 Å². The molecular weight excluding hydrogens is 530 g/mol. The summed E-state index contributed by atoms with van der Waals surface area (Å²) in [6.07, 6.45) is -5.13. The Kier molecular flexibility index (Phi) is 6.61. The van der Waals surface area contributed by atoms with Gasteiger partial charge in [0.15, 0.2) is 0 Å². The summed E-state index contributed by atoms with van der Waals surface area (Å²) >= 11 is 17.8. The molecule has 0 spiro atoms. The molecule has 2 aliphatic rings. The lowest BCUT2D eigenvalue weighted by Crippen LogP contribution is -2.59. The number of carbonyl (C=O) groups is 1. The van der Waals surface area contributed by atoms with E-state index in [2.05, 4.69) is 15.2 Å². The summed E-state index contributed by atoms with van der Waals surface area (Å²) in [5, 5.41) is 7.28. The highest BCUT2D eigenvalue weighted by Gasteiger charge is 2.62. The first-order valence-corrected chi connectivity index (χ1v) is 11.5. The first kappa shape index (κ1) is 25.4. The van der Waals surface area contributed by atoms with Crippen molar-refractivity contribution < 1.29 is 22.8 Å². The van der Waals surface area contributed by atoms with E-state index in [0.717, 1.165) is 12.1 Å². The number of nitrogens with zero attached hydrogens (tertiary/aromatic N) is 5. The Labute approximate surface area is 213 Å². The molecule has 35 heavy (non-hydrogen) atoms. The van der Waals surface area contributed by atoms with Crippen LogP contribution in [0.25, 0.3) is 10.4 Å². The van der Waals surface area contributed by atoms with Gasteiger partial charge in [-0.2, -0.15) is 13.2 Å². The van der Waals surface area contributed by atoms with Crippen molar-refractivity contribution in [3.05, 3.63) is 78.6 Å². The minimum Gasteiger partial charge on any atom is -0.374 e. The van der Waals surface area contributed by atoms with E-state index in [1.165, 1.54) is 0 Å². The van der Waals surface area contributed by atoms with Crippen LogP contribution in [-0.2, 0) is 20.8 Å². The number of alkyl halides is 3. The molecule has 1 atom stereocenters. The normalized spacial score (nSPS) is 21.0. The molecule has 2 aliphatic heterocycles. The predicted octanol–water partition coefficient (Wildman–Crippen LogP) is 6.99. The van der Waals surface area contributed by atoms with Crippen molar-refractivity contribution >= 4 is 46.4 Å². The topological polar surface area (TPSA) is 90.7 Å². The predicted molar refractivity (Wildman–Crippen MR) is 126 cm³/mol. The third-order valence-electron chi connectivity index (χ3n) is 6.19. The molecule has 13 heteroatoms. The van der Waals surface area contributed by atoms with Crippen LogP contribution >= 0.6 is 34.8 Å². The fourth-order valence-electron chi connectivity index (χ4n) is 4.19. The molecule has 0 radical (unpaired) electrons. The Bertz CT molecular complexity index is 1230. The van der Waals surface area contributed by atoms with Gasteiger partial charge >= 0.3 is 6.18 Å². The Hall–Kier alpha value is -2.65. The zero-order valence-corrected chi connectivity index (χ0v) is 20.4. The van der Waals surface area contributed by atoms with E-state index in [1.54, 1.807) is 36.1 Å². The Morgan fingerprint density at radius 2 is 1.77 bits per heavy atom. The summed E-state index contributed by atoms with van der Waals surface area (Å²) in [6.45, 7) is 2.19. The van der Waals surface area contributed by atoms with Crippen LogP contribution < -0.4 is 0 Å². The smallest absolute Gasteiger partial charge is 0.374 e. The number of amides is 1. The van der Waals surface area contributed by atoms with Crippen molar-refractivity contribution in [3.63, 3.8) is 0 Å². The third-order valence-corrected chi connectivity index (χ3v) is 7.38. The number of hydrogen-bond acceptors (Lipinski definition) is 4. The summed E-state index contributed by atoms with van der Waals surface area (Å²) in [7, 11) is 0. The number of azide groups is 1. The lowest BCUT2D eigenvalue weighted by atomic mass is 9.82. The molecule has 2 aromatic rings. The number of hydrogen-bond donors (Lipinski definition) is 0. The SMILES string of the molecule is CCC(=O)N1CC(N=[N+]=[N-])(c2ccc(C3=NOC(c4cc(Cl)c(Cl)c(Cl)c4)(C(F)(F)F)C3)cc2)C1. The number of benzene rings is 2. The van der Waals surface area contributed by atoms with Crippen LogP contribution in [0.4, 0.5) is 13.2 Å². The molecule has 7 nitrogen and oxygen atoms in total. The fourth-order valence-corrected chi connectivity index (χ4v) is 4.79. The molecule has 2 heterocycles. The van der Waals surface area contributed by atoms with E-state index in [-0.39, 0.29) is 45.3 Å². The average Bonchev–Trinajstić information content (AvgIpc) is 3.26. The lowest BCUT2D eigenvalue weighted by molar-refractivity contribution is -0.275. The summed E-state index contributed by atoms with van der Waals surface area (Å²) in [4.78, 5) is 21.4. The van der Waals surface area contributed by atoms with Gasteiger partial charge in [0.2, 0.25) is 5.91 Å². The highest BCUT2D eigenvalue weighted by Crippen LogP contribution is 2.50. The Morgan fingerprint density at radius 1 is 1.17 bits per heavy atom. The molecule has 0 aromatic heterocycles. The molecule has 1 fully saturated rings. The van der Waals surface area contributed by atoms with Gasteiger partial charge in [0.25, 0.3) is 5.60 Å². The average molecular weight is 547 g/mol. The summed E-state index contributed by atoms with van der Waals surface area (Å²) < 4.78 is 42.7. The van der Waals surface area contributed by atoms with E-state index >= 15 is 0 Å². The zero-order valence-electron chi connectivity index (χ0n) is 18.1. The number of oxime groups is 1. The highest BCUT2D eigenvalue weighted by molar-refractivity contribution is 6.48. The van der Waals surface area contributed by atoms with Crippen molar-refractivity contribution in [3.8, 4) is 0 Å². The molecule has 0 aliphatic carbocycles. The summed E-state index contributed by atoms with van der Waals surface area (Å²) in [5.74, 6) is -0.0614. The van der Waals surface area contributed by atoms with Gasteiger partial charge in [0.1, 0.15) is 5.54 Å². The summed E-state index contributed by atoms with van der Waals surface area (Å²) in [6, 6.07) is 8.56. The molecular formula is C22H17Cl3F3N5O2. The molecule has 1 amide bonds. The van der Waals surface area contributed by atoms with Gasteiger partial charge < -0.3 is 9.74 Å². The lowest BCUT2D eigenvalue weighted by Gasteiger charge is -2.47. The van der Waals surface area contributed by atoms with Crippen LogP contribution in [0, 0.1) is 0 Å². The number of halogens is 6. The summed E-state index contributed by atoms with van der Waals surface area (Å²) in [5.41, 5.74) is 6.06. The first-order chi connectivity index (χ1) is 16.5. The van der Waals surface area contributed by atoms with Gasteiger partial charge in [0, 0.05) is 36.4 Å². The second kappa shape index (κ2) is 9.09. The molecule has 0 N–H and O–H groups in total. The molecule has 1 saturated heterocycles. The van der Waals surface area contributed by atoms with Gasteiger partial charge in [-0.15, -0.1) is 0 Å². The Balaban J connectivity index is 1.61.